The Morgan fingerprint density at radius 1 is 0.833 bits per heavy atom. The van der Waals surface area contributed by atoms with E-state index in [0.717, 1.165) is 41.5 Å². The van der Waals surface area contributed by atoms with Crippen molar-refractivity contribution in [1.29, 1.82) is 0 Å². The summed E-state index contributed by atoms with van der Waals surface area (Å²) in [6.07, 6.45) is 4.90. The van der Waals surface area contributed by atoms with Crippen LogP contribution < -0.4 is 0 Å². The molecule has 4 rings (SSSR count). The van der Waals surface area contributed by atoms with Gasteiger partial charge in [0.05, 0.1) is 4.90 Å². The lowest BCUT2D eigenvalue weighted by Gasteiger charge is -2.23. The van der Waals surface area contributed by atoms with Gasteiger partial charge in [0.1, 0.15) is 0 Å². The molecule has 0 aliphatic carbocycles. The van der Waals surface area contributed by atoms with Crippen molar-refractivity contribution < 1.29 is 8.42 Å². The third kappa shape index (κ3) is 4.55. The molecule has 30 heavy (non-hydrogen) atoms. The molecule has 0 radical (unpaired) electrons. The van der Waals surface area contributed by atoms with Crippen LogP contribution in [0.1, 0.15) is 35.1 Å². The van der Waals surface area contributed by atoms with Crippen LogP contribution in [0.5, 0.6) is 0 Å². The number of nitrogens with zero attached hydrogens (tertiary/aromatic N) is 1. The van der Waals surface area contributed by atoms with Gasteiger partial charge in [0.2, 0.25) is 10.0 Å². The fourth-order valence-corrected chi connectivity index (χ4v) is 5.40. The van der Waals surface area contributed by atoms with Crippen LogP contribution in [0.4, 0.5) is 0 Å². The molecule has 3 nitrogen and oxygen atoms in total. The Bertz CT molecular complexity index is 1130. The molecule has 0 atom stereocenters. The highest BCUT2D eigenvalue weighted by molar-refractivity contribution is 7.89. The highest BCUT2D eigenvalue weighted by Crippen LogP contribution is 2.29. The number of hydrogen-bond donors (Lipinski definition) is 0. The molecule has 0 amide bonds. The summed E-state index contributed by atoms with van der Waals surface area (Å²) in [5.41, 5.74) is 5.60. The first-order valence-electron chi connectivity index (χ1n) is 10.4. The van der Waals surface area contributed by atoms with Crippen LogP contribution in [0.3, 0.4) is 0 Å². The van der Waals surface area contributed by atoms with Crippen molar-refractivity contribution in [3.05, 3.63) is 101 Å². The minimum Gasteiger partial charge on any atom is -0.207 e. The highest BCUT2D eigenvalue weighted by Gasteiger charge is 2.26. The molecule has 0 saturated heterocycles. The monoisotopic (exact) mass is 417 g/mol. The van der Waals surface area contributed by atoms with E-state index in [-0.39, 0.29) is 0 Å². The lowest BCUT2D eigenvalue weighted by molar-refractivity contribution is 0.435. The molecular formula is C26H27NO2S. The van der Waals surface area contributed by atoms with Crippen LogP contribution in [0.25, 0.3) is 11.6 Å². The fourth-order valence-electron chi connectivity index (χ4n) is 3.95. The SMILES string of the molecule is Cc1ccc(S(=O)(=O)N2CCCCc3ccccc3/C(=C/c3ccccc3)C2)cc1. The normalized spacial score (nSPS) is 17.0. The number of fused-ring (bicyclic) bond motifs is 1. The number of aryl methyl sites for hydroxylation is 2. The van der Waals surface area contributed by atoms with Crippen LogP contribution >= 0.6 is 0 Å². The van der Waals surface area contributed by atoms with E-state index in [1.54, 1.807) is 16.4 Å². The molecule has 0 bridgehead atoms. The Hall–Kier alpha value is -2.69. The van der Waals surface area contributed by atoms with E-state index < -0.39 is 10.0 Å². The number of sulfonamides is 1. The maximum atomic E-state index is 13.5. The van der Waals surface area contributed by atoms with E-state index in [1.807, 2.05) is 43.3 Å². The van der Waals surface area contributed by atoms with Gasteiger partial charge in [-0.2, -0.15) is 4.31 Å². The lowest BCUT2D eigenvalue weighted by atomic mass is 9.95. The van der Waals surface area contributed by atoms with E-state index >= 15 is 0 Å². The van der Waals surface area contributed by atoms with Crippen LogP contribution in [0.15, 0.2) is 83.8 Å². The minimum atomic E-state index is -3.57. The molecule has 1 aliphatic heterocycles. The molecule has 0 saturated carbocycles. The van der Waals surface area contributed by atoms with Gasteiger partial charge in [-0.15, -0.1) is 0 Å². The number of hydrogen-bond acceptors (Lipinski definition) is 2. The molecule has 3 aromatic carbocycles. The van der Waals surface area contributed by atoms with Crippen molar-refractivity contribution in [1.82, 2.24) is 4.31 Å². The van der Waals surface area contributed by atoms with E-state index in [1.165, 1.54) is 5.56 Å². The summed E-state index contributed by atoms with van der Waals surface area (Å²) in [6, 6.07) is 25.7. The average molecular weight is 418 g/mol. The third-order valence-electron chi connectivity index (χ3n) is 5.61. The summed E-state index contributed by atoms with van der Waals surface area (Å²) in [6.45, 7) is 2.85. The summed E-state index contributed by atoms with van der Waals surface area (Å²) in [5, 5.41) is 0. The van der Waals surface area contributed by atoms with E-state index in [0.29, 0.717) is 18.0 Å². The molecule has 0 fully saturated rings. The Kier molecular flexibility index (Phi) is 6.16. The minimum absolute atomic E-state index is 0.361. The molecule has 154 valence electrons. The Balaban J connectivity index is 1.79. The van der Waals surface area contributed by atoms with Crippen molar-refractivity contribution in [2.75, 3.05) is 13.1 Å². The van der Waals surface area contributed by atoms with Crippen molar-refractivity contribution >= 4 is 21.7 Å². The first-order valence-corrected chi connectivity index (χ1v) is 11.9. The molecule has 4 heteroatoms. The lowest BCUT2D eigenvalue weighted by Crippen LogP contribution is -2.33. The van der Waals surface area contributed by atoms with Crippen LogP contribution in [-0.4, -0.2) is 25.8 Å². The van der Waals surface area contributed by atoms with Crippen molar-refractivity contribution in [3.63, 3.8) is 0 Å². The molecule has 0 unspecified atom stereocenters. The second-order valence-corrected chi connectivity index (χ2v) is 9.78. The molecule has 1 heterocycles. The highest BCUT2D eigenvalue weighted by atomic mass is 32.2. The second-order valence-electron chi connectivity index (χ2n) is 7.85. The second kappa shape index (κ2) is 8.99. The average Bonchev–Trinajstić information content (AvgIpc) is 2.84. The van der Waals surface area contributed by atoms with Crippen LogP contribution in [0.2, 0.25) is 0 Å². The van der Waals surface area contributed by atoms with Crippen molar-refractivity contribution in [3.8, 4) is 0 Å². The third-order valence-corrected chi connectivity index (χ3v) is 7.47. The molecular weight excluding hydrogens is 390 g/mol. The molecule has 0 N–H and O–H groups in total. The zero-order chi connectivity index (χ0) is 21.0. The van der Waals surface area contributed by atoms with Crippen LogP contribution in [-0.2, 0) is 16.4 Å². The van der Waals surface area contributed by atoms with Gasteiger partial charge in [-0.3, -0.25) is 0 Å². The number of rotatable bonds is 3. The first kappa shape index (κ1) is 20.6. The predicted molar refractivity (Wildman–Crippen MR) is 124 cm³/mol. The number of benzene rings is 3. The van der Waals surface area contributed by atoms with Crippen molar-refractivity contribution in [2.45, 2.75) is 31.1 Å². The fraction of sp³-hybridized carbons (Fsp3) is 0.231. The van der Waals surface area contributed by atoms with Crippen LogP contribution in [0, 0.1) is 6.92 Å². The summed E-state index contributed by atoms with van der Waals surface area (Å²) in [4.78, 5) is 0.361. The van der Waals surface area contributed by atoms with Gasteiger partial charge in [-0.1, -0.05) is 72.3 Å². The quantitative estimate of drug-likeness (QED) is 0.559. The van der Waals surface area contributed by atoms with E-state index in [2.05, 4.69) is 36.4 Å². The van der Waals surface area contributed by atoms with Gasteiger partial charge >= 0.3 is 0 Å². The standard InChI is InChI=1S/C26H27NO2S/c1-21-14-16-25(17-15-21)30(28,29)27-18-8-7-12-23-11-5-6-13-26(23)24(20-27)19-22-9-3-2-4-10-22/h2-6,9-11,13-17,19H,7-8,12,18,20H2,1H3/b24-19+. The molecule has 0 spiro atoms. The molecule has 0 aromatic heterocycles. The van der Waals surface area contributed by atoms with Gasteiger partial charge in [-0.05, 0) is 66.7 Å². The molecule has 1 aliphatic rings. The zero-order valence-corrected chi connectivity index (χ0v) is 18.1. The maximum Gasteiger partial charge on any atom is 0.243 e. The zero-order valence-electron chi connectivity index (χ0n) is 17.3. The largest absolute Gasteiger partial charge is 0.243 e. The summed E-state index contributed by atoms with van der Waals surface area (Å²) in [7, 11) is -3.57. The Morgan fingerprint density at radius 3 is 2.30 bits per heavy atom. The summed E-state index contributed by atoms with van der Waals surface area (Å²) >= 11 is 0. The smallest absolute Gasteiger partial charge is 0.207 e. The Labute approximate surface area is 179 Å². The Morgan fingerprint density at radius 2 is 1.53 bits per heavy atom. The predicted octanol–water partition coefficient (Wildman–Crippen LogP) is 5.56. The topological polar surface area (TPSA) is 37.4 Å². The van der Waals surface area contributed by atoms with Gasteiger partial charge in [0, 0.05) is 13.1 Å². The molecule has 3 aromatic rings. The van der Waals surface area contributed by atoms with E-state index in [9.17, 15) is 8.42 Å². The van der Waals surface area contributed by atoms with Crippen molar-refractivity contribution in [2.24, 2.45) is 0 Å². The van der Waals surface area contributed by atoms with Gasteiger partial charge < -0.3 is 0 Å². The van der Waals surface area contributed by atoms with Gasteiger partial charge in [0.15, 0.2) is 0 Å². The summed E-state index contributed by atoms with van der Waals surface area (Å²) in [5.74, 6) is 0. The maximum absolute atomic E-state index is 13.5. The summed E-state index contributed by atoms with van der Waals surface area (Å²) < 4.78 is 28.6. The first-order chi connectivity index (χ1) is 14.5. The van der Waals surface area contributed by atoms with E-state index in [4.69, 9.17) is 0 Å². The van der Waals surface area contributed by atoms with Gasteiger partial charge in [-0.25, -0.2) is 8.42 Å². The van der Waals surface area contributed by atoms with Gasteiger partial charge in [0.25, 0.3) is 0 Å².